The van der Waals surface area contributed by atoms with Crippen molar-refractivity contribution in [3.05, 3.63) is 64.7 Å². The molecule has 1 N–H and O–H groups in total. The highest BCUT2D eigenvalue weighted by atomic mass is 35.5. The van der Waals surface area contributed by atoms with Crippen molar-refractivity contribution in [2.75, 3.05) is 5.32 Å². The Morgan fingerprint density at radius 2 is 1.68 bits per heavy atom. The molecule has 31 heavy (non-hydrogen) atoms. The number of carbonyl (C=O) groups is 3. The molecule has 2 aliphatic carbocycles. The molecular weight excluding hydrogens is 412 g/mol. The number of rotatable bonds is 5. The number of amides is 3. The van der Waals surface area contributed by atoms with Gasteiger partial charge in [-0.05, 0) is 61.3 Å². The lowest BCUT2D eigenvalue weighted by molar-refractivity contribution is -0.147. The smallest absolute Gasteiger partial charge is 0.248 e. The minimum atomic E-state index is -0.884. The number of likely N-dealkylation sites (tertiary alicyclic amines) is 1. The van der Waals surface area contributed by atoms with Gasteiger partial charge < -0.3 is 5.32 Å². The van der Waals surface area contributed by atoms with Crippen molar-refractivity contribution in [2.45, 2.75) is 38.6 Å². The molecule has 3 fully saturated rings. The molecule has 2 bridgehead atoms. The summed E-state index contributed by atoms with van der Waals surface area (Å²) in [4.78, 5) is 41.5. The van der Waals surface area contributed by atoms with Crippen LogP contribution >= 0.6 is 11.6 Å². The Balaban J connectivity index is 1.47. The van der Waals surface area contributed by atoms with Crippen LogP contribution in [0.3, 0.4) is 0 Å². The number of anilines is 1. The van der Waals surface area contributed by atoms with E-state index in [4.69, 9.17) is 11.6 Å². The summed E-state index contributed by atoms with van der Waals surface area (Å²) in [5.74, 6) is -0.611. The van der Waals surface area contributed by atoms with Crippen LogP contribution < -0.4 is 5.32 Å². The van der Waals surface area contributed by atoms with E-state index >= 15 is 0 Å². The maximum absolute atomic E-state index is 13.5. The predicted molar refractivity (Wildman–Crippen MR) is 118 cm³/mol. The van der Waals surface area contributed by atoms with Crippen molar-refractivity contribution in [1.82, 2.24) is 4.90 Å². The second-order valence-corrected chi connectivity index (χ2v) is 9.45. The number of nitrogens with zero attached hydrogens (tertiary/aromatic N) is 1. The van der Waals surface area contributed by atoms with Crippen molar-refractivity contribution in [2.24, 2.45) is 23.7 Å². The minimum absolute atomic E-state index is 0.166. The van der Waals surface area contributed by atoms with Crippen molar-refractivity contribution in [3.63, 3.8) is 0 Å². The molecule has 3 amide bonds. The van der Waals surface area contributed by atoms with Gasteiger partial charge in [0.05, 0.1) is 11.8 Å². The molecule has 5 rings (SSSR count). The summed E-state index contributed by atoms with van der Waals surface area (Å²) in [5.41, 5.74) is 2.26. The maximum atomic E-state index is 13.5. The van der Waals surface area contributed by atoms with Gasteiger partial charge in [-0.3, -0.25) is 19.3 Å². The van der Waals surface area contributed by atoms with Crippen LogP contribution in [-0.2, 0) is 20.8 Å². The fourth-order valence-corrected chi connectivity index (χ4v) is 6.01. The van der Waals surface area contributed by atoms with Crippen LogP contribution in [0.25, 0.3) is 0 Å². The average molecular weight is 437 g/mol. The number of carbonyl (C=O) groups excluding carboxylic acids is 3. The van der Waals surface area contributed by atoms with Crippen LogP contribution in [0.5, 0.6) is 0 Å². The Kier molecular flexibility index (Phi) is 5.09. The van der Waals surface area contributed by atoms with Crippen LogP contribution in [0, 0.1) is 30.6 Å². The molecule has 3 aliphatic rings. The third kappa shape index (κ3) is 3.35. The normalized spacial score (nSPS) is 27.5. The summed E-state index contributed by atoms with van der Waals surface area (Å²) in [5, 5.41) is 3.48. The van der Waals surface area contributed by atoms with Gasteiger partial charge in [-0.2, -0.15) is 0 Å². The number of fused-ring (bicyclic) bond motifs is 5. The van der Waals surface area contributed by atoms with Crippen LogP contribution in [-0.4, -0.2) is 28.7 Å². The van der Waals surface area contributed by atoms with Gasteiger partial charge in [-0.15, -0.1) is 0 Å². The molecule has 0 spiro atoms. The van der Waals surface area contributed by atoms with Gasteiger partial charge in [0.15, 0.2) is 0 Å². The standard InChI is InChI=1S/C25H25ClN2O3/c1-14-18(26)8-5-9-19(14)27-23(29)20(12-15-6-3-2-4-7-15)28-24(30)21-16-10-11-17(13-16)22(21)25(28)31/h2-9,16-17,20-22H,10-13H2,1H3,(H,27,29). The van der Waals surface area contributed by atoms with Crippen LogP contribution in [0.2, 0.25) is 5.02 Å². The molecule has 6 heteroatoms. The number of benzene rings is 2. The average Bonchev–Trinajstić information content (AvgIpc) is 3.45. The molecule has 160 valence electrons. The highest BCUT2D eigenvalue weighted by Crippen LogP contribution is 2.56. The van der Waals surface area contributed by atoms with Gasteiger partial charge in [-0.25, -0.2) is 0 Å². The topological polar surface area (TPSA) is 66.5 Å². The summed E-state index contributed by atoms with van der Waals surface area (Å²) in [6.07, 6.45) is 3.28. The first-order valence-corrected chi connectivity index (χ1v) is 11.3. The monoisotopic (exact) mass is 436 g/mol. The van der Waals surface area contributed by atoms with E-state index in [0.29, 0.717) is 17.1 Å². The minimum Gasteiger partial charge on any atom is -0.324 e. The quantitative estimate of drug-likeness (QED) is 0.713. The van der Waals surface area contributed by atoms with Crippen LogP contribution in [0.4, 0.5) is 5.69 Å². The van der Waals surface area contributed by atoms with E-state index in [2.05, 4.69) is 5.32 Å². The van der Waals surface area contributed by atoms with Gasteiger partial charge in [0, 0.05) is 17.1 Å². The number of hydrogen-bond acceptors (Lipinski definition) is 3. The molecular formula is C25H25ClN2O3. The molecule has 2 saturated carbocycles. The molecule has 0 aromatic heterocycles. The van der Waals surface area contributed by atoms with E-state index in [1.807, 2.05) is 37.3 Å². The maximum Gasteiger partial charge on any atom is 0.248 e. The van der Waals surface area contributed by atoms with E-state index < -0.39 is 6.04 Å². The zero-order valence-electron chi connectivity index (χ0n) is 17.4. The molecule has 5 atom stereocenters. The van der Waals surface area contributed by atoms with Gasteiger partial charge in [0.1, 0.15) is 6.04 Å². The van der Waals surface area contributed by atoms with Crippen LogP contribution in [0.1, 0.15) is 30.4 Å². The van der Waals surface area contributed by atoms with Crippen molar-refractivity contribution < 1.29 is 14.4 Å². The summed E-state index contributed by atoms with van der Waals surface area (Å²) >= 11 is 6.21. The number of hydrogen-bond donors (Lipinski definition) is 1. The van der Waals surface area contributed by atoms with Crippen molar-refractivity contribution in [3.8, 4) is 0 Å². The molecule has 1 aliphatic heterocycles. The fourth-order valence-electron chi connectivity index (χ4n) is 5.84. The van der Waals surface area contributed by atoms with E-state index in [9.17, 15) is 14.4 Å². The first kappa shape index (κ1) is 20.3. The predicted octanol–water partition coefficient (Wildman–Crippen LogP) is 4.23. The Morgan fingerprint density at radius 3 is 2.32 bits per heavy atom. The highest BCUT2D eigenvalue weighted by Gasteiger charge is 2.62. The Bertz CT molecular complexity index is 1030. The Morgan fingerprint density at radius 1 is 1.03 bits per heavy atom. The van der Waals surface area contributed by atoms with Crippen LogP contribution in [0.15, 0.2) is 48.5 Å². The van der Waals surface area contributed by atoms with E-state index in [-0.39, 0.29) is 41.4 Å². The first-order valence-electron chi connectivity index (χ1n) is 10.9. The molecule has 5 unspecified atom stereocenters. The van der Waals surface area contributed by atoms with Gasteiger partial charge in [-0.1, -0.05) is 48.0 Å². The highest BCUT2D eigenvalue weighted by molar-refractivity contribution is 6.31. The number of halogens is 1. The lowest BCUT2D eigenvalue weighted by atomic mass is 9.81. The second kappa shape index (κ2) is 7.79. The largest absolute Gasteiger partial charge is 0.324 e. The van der Waals surface area contributed by atoms with Gasteiger partial charge >= 0.3 is 0 Å². The zero-order chi connectivity index (χ0) is 21.7. The number of imide groups is 1. The van der Waals surface area contributed by atoms with Crippen molar-refractivity contribution >= 4 is 35.0 Å². The van der Waals surface area contributed by atoms with E-state index in [1.54, 1.807) is 18.2 Å². The SMILES string of the molecule is Cc1c(Cl)cccc1NC(=O)C(Cc1ccccc1)N1C(=O)C2C3CCC(C3)C2C1=O. The van der Waals surface area contributed by atoms with E-state index in [1.165, 1.54) is 4.90 Å². The lowest BCUT2D eigenvalue weighted by Crippen LogP contribution is -2.49. The summed E-state index contributed by atoms with van der Waals surface area (Å²) in [7, 11) is 0. The first-order chi connectivity index (χ1) is 15.0. The summed E-state index contributed by atoms with van der Waals surface area (Å²) in [6.45, 7) is 1.83. The Labute approximate surface area is 186 Å². The molecule has 5 nitrogen and oxygen atoms in total. The van der Waals surface area contributed by atoms with Gasteiger partial charge in [0.25, 0.3) is 0 Å². The molecule has 0 radical (unpaired) electrons. The molecule has 1 saturated heterocycles. The van der Waals surface area contributed by atoms with Crippen molar-refractivity contribution in [1.29, 1.82) is 0 Å². The third-order valence-corrected chi connectivity index (χ3v) is 7.78. The number of nitrogens with one attached hydrogen (secondary N) is 1. The zero-order valence-corrected chi connectivity index (χ0v) is 18.1. The molecule has 2 aromatic carbocycles. The fraction of sp³-hybridized carbons (Fsp3) is 0.400. The summed E-state index contributed by atoms with van der Waals surface area (Å²) in [6, 6.07) is 14.0. The second-order valence-electron chi connectivity index (χ2n) is 9.04. The van der Waals surface area contributed by atoms with E-state index in [0.717, 1.165) is 30.4 Å². The third-order valence-electron chi connectivity index (χ3n) is 7.37. The Hall–Kier alpha value is -2.66. The summed E-state index contributed by atoms with van der Waals surface area (Å²) < 4.78 is 0. The van der Waals surface area contributed by atoms with Gasteiger partial charge in [0.2, 0.25) is 17.7 Å². The lowest BCUT2D eigenvalue weighted by Gasteiger charge is -2.27. The molecule has 1 heterocycles. The molecule has 2 aromatic rings.